The Labute approximate surface area is 292 Å². The fraction of sp³-hybridized carbons (Fsp3) is 0.625. The summed E-state index contributed by atoms with van der Waals surface area (Å²) < 4.78 is 32.9. The lowest BCUT2D eigenvalue weighted by Crippen LogP contribution is -2.66. The maximum Gasteiger partial charge on any atom is 0.336 e. The Hall–Kier alpha value is -2.75. The van der Waals surface area contributed by atoms with Crippen LogP contribution in [0.25, 0.3) is 0 Å². The molecule has 1 aromatic rings. The molecule has 0 saturated carbocycles. The van der Waals surface area contributed by atoms with Gasteiger partial charge < -0.3 is 69.5 Å². The van der Waals surface area contributed by atoms with Crippen molar-refractivity contribution in [1.29, 1.82) is 0 Å². The van der Waals surface area contributed by atoms with Crippen LogP contribution in [0.15, 0.2) is 46.8 Å². The van der Waals surface area contributed by atoms with Gasteiger partial charge in [-0.3, -0.25) is 5.32 Å². The van der Waals surface area contributed by atoms with Gasteiger partial charge in [0, 0.05) is 17.3 Å². The summed E-state index contributed by atoms with van der Waals surface area (Å²) in [5, 5.41) is 77.7. The molecule has 0 spiro atoms. The van der Waals surface area contributed by atoms with Crippen LogP contribution in [0.2, 0.25) is 5.02 Å². The maximum atomic E-state index is 13.4. The van der Waals surface area contributed by atoms with Crippen LogP contribution in [0.1, 0.15) is 25.3 Å². The molecule has 0 aliphatic carbocycles. The summed E-state index contributed by atoms with van der Waals surface area (Å²) >= 11 is 6.53. The van der Waals surface area contributed by atoms with Crippen LogP contribution in [0.3, 0.4) is 0 Å². The summed E-state index contributed by atoms with van der Waals surface area (Å²) in [6.45, 7) is 1.85. The highest BCUT2D eigenvalue weighted by atomic mass is 35.5. The lowest BCUT2D eigenvalue weighted by Gasteiger charge is -2.46. The normalized spacial score (nSPS) is 33.2. The molecule has 3 aliphatic heterocycles. The first-order chi connectivity index (χ1) is 23.9. The number of rotatable bonds is 14. The van der Waals surface area contributed by atoms with E-state index < -0.39 is 92.4 Å². The highest BCUT2D eigenvalue weighted by Gasteiger charge is 2.50. The number of carbonyl (C=O) groups excluding carboxylic acids is 2. The van der Waals surface area contributed by atoms with Crippen molar-refractivity contribution in [3.63, 3.8) is 0 Å². The van der Waals surface area contributed by atoms with Crippen LogP contribution in [-0.4, -0.2) is 156 Å². The minimum Gasteiger partial charge on any atom is -0.466 e. The summed E-state index contributed by atoms with van der Waals surface area (Å²) in [6, 6.07) is 6.77. The molecule has 3 aliphatic rings. The van der Waals surface area contributed by atoms with Gasteiger partial charge >= 0.3 is 11.9 Å². The maximum absolute atomic E-state index is 13.4. The van der Waals surface area contributed by atoms with Crippen LogP contribution in [0, 0.1) is 0 Å². The van der Waals surface area contributed by atoms with Gasteiger partial charge in [0.05, 0.1) is 62.9 Å². The Morgan fingerprint density at radius 3 is 2.26 bits per heavy atom. The molecule has 0 aromatic heterocycles. The predicted molar refractivity (Wildman–Crippen MR) is 171 cm³/mol. The molecule has 2 unspecified atom stereocenters. The number of allylic oxidation sites excluding steroid dienone is 1. The third-order valence-electron chi connectivity index (χ3n) is 8.60. The molecule has 0 amide bonds. The molecule has 3 heterocycles. The Bertz CT molecular complexity index is 1390. The zero-order chi connectivity index (χ0) is 36.7. The van der Waals surface area contributed by atoms with Crippen LogP contribution >= 0.6 is 11.6 Å². The van der Waals surface area contributed by atoms with Crippen molar-refractivity contribution in [3.8, 4) is 0 Å². The Kier molecular flexibility index (Phi) is 14.5. The first kappa shape index (κ1) is 40.0. The van der Waals surface area contributed by atoms with E-state index in [4.69, 9.17) is 40.0 Å². The SMILES string of the molecule is CCOC(=O)C1=C(COCCNC2O[C@H](CO)[C@H](OC3O[C@H](CO)[C@H](O)[C@H](O)[C@H]3O)[C@H](O)[C@H]2O)NC(C)=C(C(=O)OC)[C@@H]1c1ccccc1Cl. The number of methoxy groups -OCH3 is 1. The molecule has 0 radical (unpaired) electrons. The zero-order valence-electron chi connectivity index (χ0n) is 27.7. The van der Waals surface area contributed by atoms with Gasteiger partial charge in [-0.25, -0.2) is 9.59 Å². The molecule has 11 atom stereocenters. The van der Waals surface area contributed by atoms with E-state index in [2.05, 4.69) is 10.6 Å². The summed E-state index contributed by atoms with van der Waals surface area (Å²) in [7, 11) is 1.23. The Morgan fingerprint density at radius 1 is 0.920 bits per heavy atom. The van der Waals surface area contributed by atoms with E-state index in [0.29, 0.717) is 22.0 Å². The number of esters is 2. The largest absolute Gasteiger partial charge is 0.466 e. The number of carbonyl (C=O) groups is 2. The third kappa shape index (κ3) is 8.64. The number of benzene rings is 1. The molecular weight excluding hydrogens is 688 g/mol. The van der Waals surface area contributed by atoms with Crippen molar-refractivity contribution in [2.24, 2.45) is 0 Å². The van der Waals surface area contributed by atoms with Crippen LogP contribution < -0.4 is 10.6 Å². The van der Waals surface area contributed by atoms with Gasteiger partial charge in [-0.05, 0) is 25.5 Å². The molecule has 2 fully saturated rings. The van der Waals surface area contributed by atoms with E-state index in [-0.39, 0.29) is 37.5 Å². The van der Waals surface area contributed by atoms with Crippen molar-refractivity contribution in [2.45, 2.75) is 81.1 Å². The fourth-order valence-electron chi connectivity index (χ4n) is 6.07. The molecule has 4 rings (SSSR count). The van der Waals surface area contributed by atoms with Crippen LogP contribution in [0.5, 0.6) is 0 Å². The van der Waals surface area contributed by atoms with Gasteiger partial charge in [-0.15, -0.1) is 0 Å². The quantitative estimate of drug-likeness (QED) is 0.0709. The van der Waals surface area contributed by atoms with Gasteiger partial charge in [0.1, 0.15) is 55.1 Å². The lowest BCUT2D eigenvalue weighted by molar-refractivity contribution is -0.343. The van der Waals surface area contributed by atoms with E-state index in [0.717, 1.165) is 0 Å². The third-order valence-corrected chi connectivity index (χ3v) is 8.95. The molecule has 2 saturated heterocycles. The van der Waals surface area contributed by atoms with E-state index in [1.54, 1.807) is 38.1 Å². The van der Waals surface area contributed by atoms with Crippen LogP contribution in [0.4, 0.5) is 0 Å². The number of aliphatic hydroxyl groups is 7. The zero-order valence-corrected chi connectivity index (χ0v) is 28.4. The second kappa shape index (κ2) is 18.1. The lowest BCUT2D eigenvalue weighted by atomic mass is 9.80. The second-order valence-electron chi connectivity index (χ2n) is 11.8. The van der Waals surface area contributed by atoms with Crippen molar-refractivity contribution >= 4 is 23.5 Å². The van der Waals surface area contributed by atoms with Crippen molar-refractivity contribution in [2.75, 3.05) is 46.7 Å². The van der Waals surface area contributed by atoms with Gasteiger partial charge in [0.2, 0.25) is 0 Å². The first-order valence-electron chi connectivity index (χ1n) is 16.0. The van der Waals surface area contributed by atoms with E-state index in [9.17, 15) is 45.3 Å². The number of hydrogen-bond donors (Lipinski definition) is 9. The molecule has 17 nitrogen and oxygen atoms in total. The average molecular weight is 733 g/mol. The first-order valence-corrected chi connectivity index (χ1v) is 16.4. The van der Waals surface area contributed by atoms with Crippen LogP contribution in [-0.2, 0) is 38.0 Å². The van der Waals surface area contributed by atoms with Crippen molar-refractivity contribution < 1.29 is 73.8 Å². The molecular formula is C32H45ClN2O15. The fourth-order valence-corrected chi connectivity index (χ4v) is 6.31. The van der Waals surface area contributed by atoms with Crippen molar-refractivity contribution in [1.82, 2.24) is 10.6 Å². The summed E-state index contributed by atoms with van der Waals surface area (Å²) in [6.07, 6.45) is -15.3. The molecule has 280 valence electrons. The minimum absolute atomic E-state index is 0.0120. The topological polar surface area (TPSA) is 255 Å². The number of nitrogens with one attached hydrogen (secondary N) is 2. The molecule has 18 heteroatoms. The summed E-state index contributed by atoms with van der Waals surface area (Å²) in [4.78, 5) is 26.3. The highest BCUT2D eigenvalue weighted by molar-refractivity contribution is 6.31. The number of dihydropyridines is 1. The average Bonchev–Trinajstić information content (AvgIpc) is 3.10. The monoisotopic (exact) mass is 732 g/mol. The summed E-state index contributed by atoms with van der Waals surface area (Å²) in [5.74, 6) is -2.30. The number of hydrogen-bond acceptors (Lipinski definition) is 17. The van der Waals surface area contributed by atoms with E-state index in [1.807, 2.05) is 0 Å². The summed E-state index contributed by atoms with van der Waals surface area (Å²) in [5.41, 5.74) is 1.48. The minimum atomic E-state index is -1.78. The van der Waals surface area contributed by atoms with E-state index >= 15 is 0 Å². The Balaban J connectivity index is 1.42. The van der Waals surface area contributed by atoms with Gasteiger partial charge in [-0.1, -0.05) is 29.8 Å². The smallest absolute Gasteiger partial charge is 0.336 e. The molecule has 1 aromatic carbocycles. The predicted octanol–water partition coefficient (Wildman–Crippen LogP) is -2.48. The Morgan fingerprint density at radius 2 is 1.62 bits per heavy atom. The van der Waals surface area contributed by atoms with Gasteiger partial charge in [0.15, 0.2) is 6.29 Å². The second-order valence-corrected chi connectivity index (χ2v) is 12.2. The number of ether oxygens (including phenoxy) is 6. The number of halogens is 1. The van der Waals surface area contributed by atoms with Gasteiger partial charge in [-0.2, -0.15) is 0 Å². The standard InChI is InChI=1S/C32H45ClN2O15/c1-4-47-31(44)22-17(35-14(2)20(30(43)45-3)21(22)15-7-5-6-8-16(15)33)13-46-10-9-34-29-26(41)25(40)28(19(12-37)48-29)50-32-27(42)24(39)23(38)18(11-36)49-32/h5-8,18-19,21,23-29,32,34-42H,4,9-13H2,1-3H3/t18-,19-,21+,23+,24+,25-,26-,27-,28+,29?,32?/m1/s1. The van der Waals surface area contributed by atoms with E-state index in [1.165, 1.54) is 7.11 Å². The van der Waals surface area contributed by atoms with Crippen molar-refractivity contribution in [3.05, 3.63) is 57.4 Å². The number of aliphatic hydroxyl groups excluding tert-OH is 7. The highest BCUT2D eigenvalue weighted by Crippen LogP contribution is 2.42. The molecule has 50 heavy (non-hydrogen) atoms. The molecule has 0 bridgehead atoms. The molecule has 9 N–H and O–H groups in total. The van der Waals surface area contributed by atoms with Gasteiger partial charge in [0.25, 0.3) is 0 Å².